The van der Waals surface area contributed by atoms with Crippen LogP contribution in [0.1, 0.15) is 0 Å². The average molecular weight is 278 g/mol. The average Bonchev–Trinajstić information content (AvgIpc) is 2.50. The van der Waals surface area contributed by atoms with Crippen LogP contribution in [0.3, 0.4) is 0 Å². The van der Waals surface area contributed by atoms with Crippen molar-refractivity contribution in [2.75, 3.05) is 0 Å². The Bertz CT molecular complexity index is 646. The summed E-state index contributed by atoms with van der Waals surface area (Å²) in [5, 5.41) is 14.0. The Morgan fingerprint density at radius 1 is 0.650 bits per heavy atom. The zero-order valence-corrected chi connectivity index (χ0v) is 11.7. The second-order valence-corrected chi connectivity index (χ2v) is 6.50. The lowest BCUT2D eigenvalue weighted by molar-refractivity contribution is -0.274. The lowest BCUT2D eigenvalue weighted by Gasteiger charge is -2.19. The third-order valence-electron chi connectivity index (χ3n) is 2.97. The molecule has 0 N–H and O–H groups in total. The minimum atomic E-state index is -0.773. The first-order chi connectivity index (χ1) is 9.84. The fourth-order valence-corrected chi connectivity index (χ4v) is 4.30. The van der Waals surface area contributed by atoms with Crippen LogP contribution in [0.2, 0.25) is 0 Å². The van der Waals surface area contributed by atoms with Gasteiger partial charge in [-0.3, -0.25) is 4.98 Å². The number of rotatable bonds is 3. The molecule has 0 unspecified atom stereocenters. The van der Waals surface area contributed by atoms with Gasteiger partial charge in [0.1, 0.15) is 0 Å². The molecule has 0 spiro atoms. The Hall–Kier alpha value is -2.18. The van der Waals surface area contributed by atoms with E-state index in [0.29, 0.717) is 0 Å². The van der Waals surface area contributed by atoms with Gasteiger partial charge in [-0.05, 0) is 22.6 Å². The van der Waals surface area contributed by atoms with E-state index in [1.165, 1.54) is 16.7 Å². The van der Waals surface area contributed by atoms with E-state index < -0.39 is 7.92 Å². The number of benzene rings is 2. The van der Waals surface area contributed by atoms with Crippen molar-refractivity contribution >= 4 is 24.0 Å². The highest BCUT2D eigenvalue weighted by molar-refractivity contribution is 7.79. The highest BCUT2D eigenvalue weighted by Gasteiger charge is 2.16. The molecule has 0 aliphatic heterocycles. The molecule has 98 valence electrons. The van der Waals surface area contributed by atoms with Crippen molar-refractivity contribution < 1.29 is 5.11 Å². The van der Waals surface area contributed by atoms with Crippen LogP contribution in [-0.4, -0.2) is 4.98 Å². The van der Waals surface area contributed by atoms with E-state index >= 15 is 0 Å². The van der Waals surface area contributed by atoms with Gasteiger partial charge in [0.2, 0.25) is 0 Å². The van der Waals surface area contributed by atoms with Crippen molar-refractivity contribution in [1.29, 1.82) is 0 Å². The summed E-state index contributed by atoms with van der Waals surface area (Å²) < 4.78 is 0. The second-order valence-electron chi connectivity index (χ2n) is 4.34. The van der Waals surface area contributed by atoms with Crippen LogP contribution in [0, 0.1) is 0 Å². The lowest BCUT2D eigenvalue weighted by Crippen LogP contribution is -2.23. The van der Waals surface area contributed by atoms with Crippen LogP contribution in [0.25, 0.3) is 0 Å². The second kappa shape index (κ2) is 5.85. The Kier molecular flexibility index (Phi) is 3.76. The molecule has 3 rings (SSSR count). The zero-order valence-electron chi connectivity index (χ0n) is 10.8. The lowest BCUT2D eigenvalue weighted by atomic mass is 10.4. The summed E-state index contributed by atoms with van der Waals surface area (Å²) in [6, 6.07) is 25.7. The molecule has 2 nitrogen and oxygen atoms in total. The standard InChI is InChI=1S/C17H14NOP/c19-16-12-7-13-17(18-16)20(14-8-3-1-4-9-14)15-10-5-2-6-11-15/h1-13H,(H,18,19)/p-1. The first-order valence-electron chi connectivity index (χ1n) is 6.39. The van der Waals surface area contributed by atoms with Gasteiger partial charge in [-0.15, -0.1) is 0 Å². The minimum Gasteiger partial charge on any atom is -0.859 e. The molecule has 1 aromatic heterocycles. The van der Waals surface area contributed by atoms with Crippen LogP contribution in [0.15, 0.2) is 78.9 Å². The Morgan fingerprint density at radius 3 is 1.70 bits per heavy atom. The van der Waals surface area contributed by atoms with Gasteiger partial charge in [-0.25, -0.2) is 0 Å². The molecule has 0 fully saturated rings. The van der Waals surface area contributed by atoms with E-state index in [1.807, 2.05) is 42.5 Å². The molecule has 0 radical (unpaired) electrons. The van der Waals surface area contributed by atoms with Gasteiger partial charge in [0.05, 0.1) is 5.44 Å². The van der Waals surface area contributed by atoms with Gasteiger partial charge in [-0.1, -0.05) is 72.8 Å². The van der Waals surface area contributed by atoms with Crippen molar-refractivity contribution in [3.8, 4) is 5.88 Å². The van der Waals surface area contributed by atoms with Crippen molar-refractivity contribution in [3.63, 3.8) is 0 Å². The molecular formula is C17H13NOP-. The van der Waals surface area contributed by atoms with Gasteiger partial charge in [0, 0.05) is 7.92 Å². The summed E-state index contributed by atoms with van der Waals surface area (Å²) >= 11 is 0. The molecule has 0 aliphatic carbocycles. The van der Waals surface area contributed by atoms with Crippen molar-refractivity contribution in [1.82, 2.24) is 4.98 Å². The fourth-order valence-electron chi connectivity index (χ4n) is 2.10. The molecule has 20 heavy (non-hydrogen) atoms. The maximum atomic E-state index is 11.6. The van der Waals surface area contributed by atoms with Crippen LogP contribution >= 0.6 is 7.92 Å². The van der Waals surface area contributed by atoms with Gasteiger partial charge < -0.3 is 5.11 Å². The van der Waals surface area contributed by atoms with Gasteiger partial charge >= 0.3 is 0 Å². The molecule has 3 heteroatoms. The molecule has 0 amide bonds. The summed E-state index contributed by atoms with van der Waals surface area (Å²) in [6.45, 7) is 0. The van der Waals surface area contributed by atoms with Crippen LogP contribution in [0.4, 0.5) is 0 Å². The predicted octanol–water partition coefficient (Wildman–Crippen LogP) is 1.91. The number of aromatic nitrogens is 1. The monoisotopic (exact) mass is 278 g/mol. The third-order valence-corrected chi connectivity index (χ3v) is 5.30. The molecule has 2 aromatic carbocycles. The van der Waals surface area contributed by atoms with Gasteiger partial charge in [0.25, 0.3) is 0 Å². The quantitative estimate of drug-likeness (QED) is 0.686. The Morgan fingerprint density at radius 2 is 1.20 bits per heavy atom. The molecule has 0 saturated heterocycles. The Labute approximate surface area is 119 Å². The van der Waals surface area contributed by atoms with E-state index in [-0.39, 0.29) is 5.88 Å². The number of pyridine rings is 1. The van der Waals surface area contributed by atoms with Crippen molar-refractivity contribution in [2.45, 2.75) is 0 Å². The summed E-state index contributed by atoms with van der Waals surface area (Å²) in [4.78, 5) is 4.20. The first kappa shape index (κ1) is 12.8. The number of hydrogen-bond acceptors (Lipinski definition) is 2. The normalized spacial score (nSPS) is 10.7. The van der Waals surface area contributed by atoms with Gasteiger partial charge in [0.15, 0.2) is 0 Å². The van der Waals surface area contributed by atoms with E-state index in [2.05, 4.69) is 29.2 Å². The number of nitrogens with zero attached hydrogens (tertiary/aromatic N) is 1. The summed E-state index contributed by atoms with van der Waals surface area (Å²) in [7, 11) is -0.773. The third kappa shape index (κ3) is 2.71. The van der Waals surface area contributed by atoms with Crippen LogP contribution in [0.5, 0.6) is 5.88 Å². The number of hydrogen-bond donors (Lipinski definition) is 0. The zero-order chi connectivity index (χ0) is 13.8. The largest absolute Gasteiger partial charge is 0.859 e. The van der Waals surface area contributed by atoms with E-state index in [0.717, 1.165) is 5.44 Å². The van der Waals surface area contributed by atoms with Crippen molar-refractivity contribution in [2.24, 2.45) is 0 Å². The molecule has 0 aliphatic rings. The maximum Gasteiger partial charge on any atom is 0.0713 e. The minimum absolute atomic E-state index is 0.179. The smallest absolute Gasteiger partial charge is 0.0713 e. The fraction of sp³-hybridized carbons (Fsp3) is 0. The molecular weight excluding hydrogens is 265 g/mol. The topological polar surface area (TPSA) is 36.0 Å². The maximum absolute atomic E-state index is 11.6. The first-order valence-corrected chi connectivity index (χ1v) is 7.73. The highest BCUT2D eigenvalue weighted by atomic mass is 31.1. The van der Waals surface area contributed by atoms with Gasteiger partial charge in [-0.2, -0.15) is 0 Å². The summed E-state index contributed by atoms with van der Waals surface area (Å²) in [5.41, 5.74) is 0.852. The Balaban J connectivity index is 2.14. The molecule has 0 atom stereocenters. The molecule has 1 heterocycles. The molecule has 0 saturated carbocycles. The summed E-state index contributed by atoms with van der Waals surface area (Å²) in [6.07, 6.45) is 0. The van der Waals surface area contributed by atoms with Crippen molar-refractivity contribution in [3.05, 3.63) is 78.9 Å². The van der Waals surface area contributed by atoms with Crippen LogP contribution < -0.4 is 21.2 Å². The SMILES string of the molecule is [O-]c1cccc(P(c2ccccc2)c2ccccc2)n1. The molecule has 3 aromatic rings. The van der Waals surface area contributed by atoms with E-state index in [4.69, 9.17) is 0 Å². The van der Waals surface area contributed by atoms with E-state index in [1.54, 1.807) is 6.07 Å². The van der Waals surface area contributed by atoms with E-state index in [9.17, 15) is 5.11 Å². The highest BCUT2D eigenvalue weighted by Crippen LogP contribution is 2.31. The van der Waals surface area contributed by atoms with Crippen LogP contribution in [-0.2, 0) is 0 Å². The summed E-state index contributed by atoms with van der Waals surface area (Å²) in [5.74, 6) is -0.179. The molecule has 0 bridgehead atoms. The predicted molar refractivity (Wildman–Crippen MR) is 82.4 cm³/mol.